The third-order valence-electron chi connectivity index (χ3n) is 2.26. The van der Waals surface area contributed by atoms with E-state index in [4.69, 9.17) is 15.6 Å². The maximum Gasteiger partial charge on any atom is 0.0621 e. The zero-order chi connectivity index (χ0) is 9.73. The van der Waals surface area contributed by atoms with Crippen LogP contribution in [-0.2, 0) is 4.74 Å². The summed E-state index contributed by atoms with van der Waals surface area (Å²) >= 11 is 0. The fourth-order valence-corrected chi connectivity index (χ4v) is 1.52. The van der Waals surface area contributed by atoms with E-state index in [1.807, 2.05) is 6.92 Å². The van der Waals surface area contributed by atoms with Gasteiger partial charge in [-0.1, -0.05) is 0 Å². The molecule has 0 aromatic heterocycles. The Morgan fingerprint density at radius 3 is 2.92 bits per heavy atom. The lowest BCUT2D eigenvalue weighted by Crippen LogP contribution is -2.51. The van der Waals surface area contributed by atoms with Crippen molar-refractivity contribution >= 4 is 0 Å². The first kappa shape index (κ1) is 10.9. The first-order valence-electron chi connectivity index (χ1n) is 4.84. The number of ether oxygens (including phenoxy) is 1. The van der Waals surface area contributed by atoms with Crippen LogP contribution in [0.1, 0.15) is 13.3 Å². The van der Waals surface area contributed by atoms with Crippen LogP contribution in [0.25, 0.3) is 0 Å². The molecule has 1 rings (SSSR count). The van der Waals surface area contributed by atoms with Gasteiger partial charge in [-0.2, -0.15) is 0 Å². The first-order chi connectivity index (χ1) is 6.14. The molecule has 0 spiro atoms. The molecule has 0 aliphatic carbocycles. The summed E-state index contributed by atoms with van der Waals surface area (Å²) in [7, 11) is 0. The third kappa shape index (κ3) is 4.04. The standard InChI is InChI=1S/C9H20N2O2/c1-9(10,8-12)7-11-3-2-5-13-6-4-11/h12H,2-8,10H2,1H3. The normalized spacial score (nSPS) is 25.2. The Kier molecular flexibility index (Phi) is 4.12. The molecule has 0 aromatic rings. The summed E-state index contributed by atoms with van der Waals surface area (Å²) in [5, 5.41) is 9.01. The van der Waals surface area contributed by atoms with Gasteiger partial charge in [0.25, 0.3) is 0 Å². The van der Waals surface area contributed by atoms with Crippen molar-refractivity contribution in [1.29, 1.82) is 0 Å². The fourth-order valence-electron chi connectivity index (χ4n) is 1.52. The highest BCUT2D eigenvalue weighted by atomic mass is 16.5. The SMILES string of the molecule is CC(N)(CO)CN1CCCOCC1. The van der Waals surface area contributed by atoms with Crippen LogP contribution in [0.15, 0.2) is 0 Å². The van der Waals surface area contributed by atoms with E-state index in [2.05, 4.69) is 4.90 Å². The zero-order valence-electron chi connectivity index (χ0n) is 8.33. The predicted octanol–water partition coefficient (Wildman–Crippen LogP) is -0.582. The Hall–Kier alpha value is -0.160. The highest BCUT2D eigenvalue weighted by Crippen LogP contribution is 2.05. The Morgan fingerprint density at radius 2 is 2.23 bits per heavy atom. The van der Waals surface area contributed by atoms with E-state index >= 15 is 0 Å². The molecule has 1 atom stereocenters. The third-order valence-corrected chi connectivity index (χ3v) is 2.26. The lowest BCUT2D eigenvalue weighted by Gasteiger charge is -2.29. The number of hydrogen-bond acceptors (Lipinski definition) is 4. The quantitative estimate of drug-likeness (QED) is 0.622. The van der Waals surface area contributed by atoms with Crippen molar-refractivity contribution in [3.8, 4) is 0 Å². The molecule has 0 amide bonds. The summed E-state index contributed by atoms with van der Waals surface area (Å²) in [5.74, 6) is 0. The second-order valence-electron chi connectivity index (χ2n) is 4.05. The zero-order valence-corrected chi connectivity index (χ0v) is 8.33. The second-order valence-corrected chi connectivity index (χ2v) is 4.05. The van der Waals surface area contributed by atoms with Gasteiger partial charge in [-0.25, -0.2) is 0 Å². The Labute approximate surface area is 79.7 Å². The fraction of sp³-hybridized carbons (Fsp3) is 1.00. The van der Waals surface area contributed by atoms with Crippen molar-refractivity contribution < 1.29 is 9.84 Å². The average molecular weight is 188 g/mol. The number of rotatable bonds is 3. The van der Waals surface area contributed by atoms with Crippen LogP contribution in [-0.4, -0.2) is 55.0 Å². The van der Waals surface area contributed by atoms with Crippen LogP contribution in [0.2, 0.25) is 0 Å². The van der Waals surface area contributed by atoms with E-state index in [0.29, 0.717) is 0 Å². The lowest BCUT2D eigenvalue weighted by atomic mass is 10.1. The number of nitrogens with zero attached hydrogens (tertiary/aromatic N) is 1. The van der Waals surface area contributed by atoms with E-state index in [-0.39, 0.29) is 6.61 Å². The van der Waals surface area contributed by atoms with E-state index in [1.165, 1.54) is 0 Å². The topological polar surface area (TPSA) is 58.7 Å². The number of aliphatic hydroxyl groups is 1. The molecule has 4 heteroatoms. The van der Waals surface area contributed by atoms with Gasteiger partial charge in [-0.05, 0) is 13.3 Å². The minimum absolute atomic E-state index is 0.0321. The van der Waals surface area contributed by atoms with E-state index in [9.17, 15) is 0 Å². The van der Waals surface area contributed by atoms with Crippen molar-refractivity contribution in [3.05, 3.63) is 0 Å². The molecule has 1 fully saturated rings. The van der Waals surface area contributed by atoms with Crippen molar-refractivity contribution in [2.24, 2.45) is 5.73 Å². The molecule has 1 heterocycles. The number of nitrogens with two attached hydrogens (primary N) is 1. The molecule has 1 aliphatic rings. The second kappa shape index (κ2) is 4.91. The van der Waals surface area contributed by atoms with Crippen molar-refractivity contribution in [2.75, 3.05) is 39.5 Å². The molecule has 4 nitrogen and oxygen atoms in total. The van der Waals surface area contributed by atoms with Crippen LogP contribution in [0.4, 0.5) is 0 Å². The summed E-state index contributed by atoms with van der Waals surface area (Å²) in [6.45, 7) is 6.22. The van der Waals surface area contributed by atoms with Crippen LogP contribution in [0.3, 0.4) is 0 Å². The highest BCUT2D eigenvalue weighted by molar-refractivity contribution is 4.82. The molecule has 13 heavy (non-hydrogen) atoms. The summed E-state index contributed by atoms with van der Waals surface area (Å²) < 4.78 is 5.33. The molecule has 0 radical (unpaired) electrons. The summed E-state index contributed by atoms with van der Waals surface area (Å²) in [6, 6.07) is 0. The average Bonchev–Trinajstić information content (AvgIpc) is 2.32. The van der Waals surface area contributed by atoms with Crippen LogP contribution in [0.5, 0.6) is 0 Å². The Bertz CT molecular complexity index is 143. The Morgan fingerprint density at radius 1 is 1.46 bits per heavy atom. The molecule has 1 saturated heterocycles. The molecule has 3 N–H and O–H groups in total. The predicted molar refractivity (Wildman–Crippen MR) is 51.6 cm³/mol. The maximum absolute atomic E-state index is 9.01. The Balaban J connectivity index is 2.33. The van der Waals surface area contributed by atoms with Crippen molar-refractivity contribution in [1.82, 2.24) is 4.90 Å². The van der Waals surface area contributed by atoms with Crippen LogP contribution < -0.4 is 5.73 Å². The smallest absolute Gasteiger partial charge is 0.0621 e. The molecular weight excluding hydrogens is 168 g/mol. The first-order valence-corrected chi connectivity index (χ1v) is 4.84. The summed E-state index contributed by atoms with van der Waals surface area (Å²) in [5.41, 5.74) is 5.38. The minimum atomic E-state index is -0.482. The van der Waals surface area contributed by atoms with Gasteiger partial charge < -0.3 is 15.6 Å². The number of aliphatic hydroxyl groups excluding tert-OH is 1. The summed E-state index contributed by atoms with van der Waals surface area (Å²) in [4.78, 5) is 2.25. The molecule has 0 bridgehead atoms. The van der Waals surface area contributed by atoms with Gasteiger partial charge in [-0.15, -0.1) is 0 Å². The van der Waals surface area contributed by atoms with E-state index in [1.54, 1.807) is 0 Å². The lowest BCUT2D eigenvalue weighted by molar-refractivity contribution is 0.124. The molecular formula is C9H20N2O2. The van der Waals surface area contributed by atoms with Gasteiger partial charge in [0.15, 0.2) is 0 Å². The van der Waals surface area contributed by atoms with E-state index < -0.39 is 5.54 Å². The summed E-state index contributed by atoms with van der Waals surface area (Å²) in [6.07, 6.45) is 1.06. The van der Waals surface area contributed by atoms with Crippen LogP contribution >= 0.6 is 0 Å². The number of hydrogen-bond donors (Lipinski definition) is 2. The molecule has 0 aromatic carbocycles. The van der Waals surface area contributed by atoms with Gasteiger partial charge >= 0.3 is 0 Å². The monoisotopic (exact) mass is 188 g/mol. The van der Waals surface area contributed by atoms with Gasteiger partial charge in [0.2, 0.25) is 0 Å². The molecule has 78 valence electrons. The highest BCUT2D eigenvalue weighted by Gasteiger charge is 2.21. The largest absolute Gasteiger partial charge is 0.394 e. The molecule has 0 saturated carbocycles. The molecule has 1 aliphatic heterocycles. The van der Waals surface area contributed by atoms with Crippen molar-refractivity contribution in [2.45, 2.75) is 18.9 Å². The minimum Gasteiger partial charge on any atom is -0.394 e. The van der Waals surface area contributed by atoms with Gasteiger partial charge in [0.1, 0.15) is 0 Å². The van der Waals surface area contributed by atoms with Gasteiger partial charge in [-0.3, -0.25) is 4.90 Å². The van der Waals surface area contributed by atoms with Crippen molar-refractivity contribution in [3.63, 3.8) is 0 Å². The van der Waals surface area contributed by atoms with Gasteiger partial charge in [0.05, 0.1) is 13.2 Å². The van der Waals surface area contributed by atoms with E-state index in [0.717, 1.165) is 39.3 Å². The maximum atomic E-state index is 9.01. The molecule has 1 unspecified atom stereocenters. The van der Waals surface area contributed by atoms with Gasteiger partial charge in [0, 0.05) is 31.8 Å². The van der Waals surface area contributed by atoms with Crippen LogP contribution in [0, 0.1) is 0 Å².